The number of carbonyl (C=O) groups excluding carboxylic acids is 1. The molecule has 1 saturated heterocycles. The van der Waals surface area contributed by atoms with Crippen molar-refractivity contribution in [2.45, 2.75) is 43.2 Å². The first-order valence-corrected chi connectivity index (χ1v) is 14.5. The molecule has 1 amide bonds. The van der Waals surface area contributed by atoms with Crippen LogP contribution in [0.1, 0.15) is 42.5 Å². The van der Waals surface area contributed by atoms with Gasteiger partial charge in [-0.05, 0) is 61.4 Å². The number of anilines is 2. The highest BCUT2D eigenvalue weighted by atomic mass is 32.2. The van der Waals surface area contributed by atoms with E-state index < -0.39 is 35.1 Å². The van der Waals surface area contributed by atoms with Crippen LogP contribution in [-0.4, -0.2) is 58.5 Å². The lowest BCUT2D eigenvalue weighted by Crippen LogP contribution is -2.36. The van der Waals surface area contributed by atoms with Crippen LogP contribution in [-0.2, 0) is 10.0 Å². The molecule has 2 fully saturated rings. The number of piperidine rings is 1. The zero-order valence-electron chi connectivity index (χ0n) is 21.6. The Kier molecular flexibility index (Phi) is 7.73. The zero-order valence-corrected chi connectivity index (χ0v) is 22.4. The van der Waals surface area contributed by atoms with Gasteiger partial charge in [-0.2, -0.15) is 13.2 Å². The predicted octanol–water partition coefficient (Wildman–Crippen LogP) is 4.67. The van der Waals surface area contributed by atoms with Crippen LogP contribution in [0.25, 0.3) is 11.0 Å². The Hall–Kier alpha value is -3.29. The quantitative estimate of drug-likeness (QED) is 0.318. The standard InChI is InChI=1S/C27H30F3N3O6S/c28-27(29,30)8-14-38-23-16-19(15-18-3-13-39-24(18)23)32-25(35)21-2-1-20(40(36,37)31-9-12-34)17-22(21)33-10-6-26(4-5-26)7-11-33/h1-3,13,15-17,31,34H,4-12,14H2,(H,32,35). The fourth-order valence-corrected chi connectivity index (χ4v) is 6.04. The second-order valence-corrected chi connectivity index (χ2v) is 12.0. The highest BCUT2D eigenvalue weighted by Crippen LogP contribution is 2.54. The molecule has 0 unspecified atom stereocenters. The van der Waals surface area contributed by atoms with Crippen molar-refractivity contribution in [3.63, 3.8) is 0 Å². The summed E-state index contributed by atoms with van der Waals surface area (Å²) in [6.07, 6.45) is 0.0975. The molecule has 3 aromatic rings. The SMILES string of the molecule is O=C(Nc1cc(OCCC(F)(F)F)c2occc2c1)c1ccc(S(=O)(=O)NCCO)cc1N1CCC2(CC1)CC2. The molecule has 216 valence electrons. The summed E-state index contributed by atoms with van der Waals surface area (Å²) in [6, 6.07) is 8.85. The van der Waals surface area contributed by atoms with Crippen LogP contribution < -0.4 is 19.7 Å². The number of aliphatic hydroxyl groups is 1. The van der Waals surface area contributed by atoms with E-state index in [9.17, 15) is 26.4 Å². The van der Waals surface area contributed by atoms with E-state index in [0.717, 1.165) is 12.8 Å². The van der Waals surface area contributed by atoms with E-state index in [0.29, 0.717) is 29.6 Å². The molecule has 5 rings (SSSR count). The number of nitrogens with zero attached hydrogens (tertiary/aromatic N) is 1. The van der Waals surface area contributed by atoms with Crippen molar-refractivity contribution in [2.24, 2.45) is 5.41 Å². The third-order valence-electron chi connectivity index (χ3n) is 7.47. The van der Waals surface area contributed by atoms with Gasteiger partial charge in [-0.15, -0.1) is 0 Å². The van der Waals surface area contributed by atoms with Crippen LogP contribution in [0.15, 0.2) is 52.0 Å². The Balaban J connectivity index is 1.42. The van der Waals surface area contributed by atoms with Gasteiger partial charge in [0.25, 0.3) is 5.91 Å². The summed E-state index contributed by atoms with van der Waals surface area (Å²) in [5.74, 6) is -0.456. The van der Waals surface area contributed by atoms with Crippen molar-refractivity contribution in [1.29, 1.82) is 0 Å². The van der Waals surface area contributed by atoms with Crippen LogP contribution in [0.2, 0.25) is 0 Å². The number of aliphatic hydroxyl groups excluding tert-OH is 1. The molecular formula is C27H30F3N3O6S. The fourth-order valence-electron chi connectivity index (χ4n) is 5.00. The summed E-state index contributed by atoms with van der Waals surface area (Å²) < 4.78 is 76.5. The molecule has 2 aliphatic rings. The van der Waals surface area contributed by atoms with Crippen molar-refractivity contribution >= 4 is 38.3 Å². The van der Waals surface area contributed by atoms with E-state index >= 15 is 0 Å². The number of amides is 1. The van der Waals surface area contributed by atoms with Gasteiger partial charge in [0.2, 0.25) is 10.0 Å². The third kappa shape index (κ3) is 6.37. The van der Waals surface area contributed by atoms with Crippen LogP contribution in [0.4, 0.5) is 24.5 Å². The van der Waals surface area contributed by atoms with E-state index in [1.165, 1.54) is 43.4 Å². The molecule has 40 heavy (non-hydrogen) atoms. The van der Waals surface area contributed by atoms with Gasteiger partial charge >= 0.3 is 6.18 Å². The first-order valence-electron chi connectivity index (χ1n) is 13.0. The van der Waals surface area contributed by atoms with Gasteiger partial charge in [0.05, 0.1) is 42.0 Å². The first-order chi connectivity index (χ1) is 19.0. The molecule has 1 aromatic heterocycles. The largest absolute Gasteiger partial charge is 0.489 e. The van der Waals surface area contributed by atoms with Crippen molar-refractivity contribution in [1.82, 2.24) is 4.72 Å². The number of hydrogen-bond donors (Lipinski definition) is 3. The fraction of sp³-hybridized carbons (Fsp3) is 0.444. The zero-order chi connectivity index (χ0) is 28.5. The van der Waals surface area contributed by atoms with E-state index in [1.807, 2.05) is 4.90 Å². The van der Waals surface area contributed by atoms with Crippen LogP contribution in [0.5, 0.6) is 5.75 Å². The summed E-state index contributed by atoms with van der Waals surface area (Å²) in [5.41, 5.74) is 1.61. The minimum absolute atomic E-state index is 0.0284. The number of fused-ring (bicyclic) bond motifs is 1. The highest BCUT2D eigenvalue weighted by Gasteiger charge is 2.44. The molecule has 0 bridgehead atoms. The number of hydrogen-bond acceptors (Lipinski definition) is 7. The minimum Gasteiger partial charge on any atom is -0.489 e. The molecule has 1 aliphatic heterocycles. The second kappa shape index (κ2) is 10.9. The minimum atomic E-state index is -4.38. The number of furan rings is 1. The third-order valence-corrected chi connectivity index (χ3v) is 8.93. The average Bonchev–Trinajstić information content (AvgIpc) is 3.48. The number of alkyl halides is 3. The number of ether oxygens (including phenoxy) is 1. The molecular weight excluding hydrogens is 551 g/mol. The van der Waals surface area contributed by atoms with Crippen molar-refractivity contribution in [2.75, 3.05) is 43.1 Å². The van der Waals surface area contributed by atoms with Crippen molar-refractivity contribution in [3.8, 4) is 5.75 Å². The number of nitrogens with one attached hydrogen (secondary N) is 2. The lowest BCUT2D eigenvalue weighted by molar-refractivity contribution is -0.139. The number of carbonyl (C=O) groups is 1. The lowest BCUT2D eigenvalue weighted by atomic mass is 9.93. The average molecular weight is 582 g/mol. The van der Waals surface area contributed by atoms with Crippen LogP contribution >= 0.6 is 0 Å². The van der Waals surface area contributed by atoms with Crippen molar-refractivity contribution < 1.29 is 40.6 Å². The van der Waals surface area contributed by atoms with E-state index in [1.54, 1.807) is 12.1 Å². The van der Waals surface area contributed by atoms with Gasteiger partial charge in [0.1, 0.15) is 0 Å². The van der Waals surface area contributed by atoms with E-state index in [2.05, 4.69) is 10.0 Å². The molecule has 1 saturated carbocycles. The maximum absolute atomic E-state index is 13.5. The molecule has 1 spiro atoms. The molecule has 0 radical (unpaired) electrons. The summed E-state index contributed by atoms with van der Waals surface area (Å²) >= 11 is 0. The topological polar surface area (TPSA) is 121 Å². The molecule has 9 nitrogen and oxygen atoms in total. The predicted molar refractivity (Wildman–Crippen MR) is 142 cm³/mol. The molecule has 1 aliphatic carbocycles. The van der Waals surface area contributed by atoms with Gasteiger partial charge in [-0.25, -0.2) is 13.1 Å². The Labute approximate surface area is 229 Å². The summed E-state index contributed by atoms with van der Waals surface area (Å²) in [6.45, 7) is 0.231. The second-order valence-electron chi connectivity index (χ2n) is 10.3. The maximum atomic E-state index is 13.5. The van der Waals surface area contributed by atoms with Crippen LogP contribution in [0.3, 0.4) is 0 Å². The van der Waals surface area contributed by atoms with Gasteiger partial charge in [0.15, 0.2) is 11.3 Å². The van der Waals surface area contributed by atoms with Gasteiger partial charge < -0.3 is 24.5 Å². The van der Waals surface area contributed by atoms with Gasteiger partial charge in [-0.1, -0.05) is 0 Å². The monoisotopic (exact) mass is 581 g/mol. The number of rotatable bonds is 10. The molecule has 13 heteroatoms. The Morgan fingerprint density at radius 2 is 1.85 bits per heavy atom. The normalized spacial score (nSPS) is 16.9. The number of halogens is 3. The highest BCUT2D eigenvalue weighted by molar-refractivity contribution is 7.89. The summed E-state index contributed by atoms with van der Waals surface area (Å²) in [4.78, 5) is 15.5. The maximum Gasteiger partial charge on any atom is 0.392 e. The Bertz CT molecular complexity index is 1490. The Morgan fingerprint density at radius 1 is 1.10 bits per heavy atom. The van der Waals surface area contributed by atoms with Gasteiger partial charge in [-0.3, -0.25) is 4.79 Å². The first kappa shape index (κ1) is 28.2. The number of sulfonamides is 1. The molecule has 3 N–H and O–H groups in total. The van der Waals surface area contributed by atoms with Crippen molar-refractivity contribution in [3.05, 3.63) is 48.2 Å². The Morgan fingerprint density at radius 3 is 2.52 bits per heavy atom. The molecule has 2 heterocycles. The summed E-state index contributed by atoms with van der Waals surface area (Å²) in [7, 11) is -3.91. The summed E-state index contributed by atoms with van der Waals surface area (Å²) in [5, 5.41) is 12.4. The van der Waals surface area contributed by atoms with Gasteiger partial charge in [0, 0.05) is 36.8 Å². The lowest BCUT2D eigenvalue weighted by Gasteiger charge is -2.35. The van der Waals surface area contributed by atoms with E-state index in [-0.39, 0.29) is 40.6 Å². The number of benzene rings is 2. The van der Waals surface area contributed by atoms with E-state index in [4.69, 9.17) is 14.3 Å². The molecule has 2 aromatic carbocycles. The van der Waals surface area contributed by atoms with Crippen LogP contribution in [0, 0.1) is 5.41 Å². The molecule has 0 atom stereocenters. The smallest absolute Gasteiger partial charge is 0.392 e.